The molecule has 0 atom stereocenters. The molecule has 0 saturated carbocycles. The van der Waals surface area contributed by atoms with Gasteiger partial charge in [-0.25, -0.2) is 0 Å². The standard InChI is InChI=1S/C16H13ClO2/c1-18-12-7-5-11(6-8-12)9-13-10-14-15(17)3-2-4-16(14)19-13/h2-8,10H,9H2,1H3. The van der Waals surface area contributed by atoms with Gasteiger partial charge in [0, 0.05) is 11.8 Å². The van der Waals surface area contributed by atoms with E-state index >= 15 is 0 Å². The smallest absolute Gasteiger partial charge is 0.135 e. The molecular weight excluding hydrogens is 260 g/mol. The van der Waals surface area contributed by atoms with Gasteiger partial charge in [-0.3, -0.25) is 0 Å². The second-order valence-corrected chi connectivity index (χ2v) is 4.80. The van der Waals surface area contributed by atoms with E-state index < -0.39 is 0 Å². The number of halogens is 1. The summed E-state index contributed by atoms with van der Waals surface area (Å²) in [6, 6.07) is 15.7. The number of benzene rings is 2. The number of hydrogen-bond acceptors (Lipinski definition) is 2. The fourth-order valence-corrected chi connectivity index (χ4v) is 2.33. The first kappa shape index (κ1) is 12.1. The summed E-state index contributed by atoms with van der Waals surface area (Å²) in [6.45, 7) is 0. The highest BCUT2D eigenvalue weighted by atomic mass is 35.5. The van der Waals surface area contributed by atoms with Crippen molar-refractivity contribution < 1.29 is 9.15 Å². The highest BCUT2D eigenvalue weighted by molar-refractivity contribution is 6.35. The molecule has 3 heteroatoms. The normalized spacial score (nSPS) is 10.8. The van der Waals surface area contributed by atoms with Crippen LogP contribution in [0.1, 0.15) is 11.3 Å². The molecule has 0 radical (unpaired) electrons. The molecular formula is C16H13ClO2. The third-order valence-corrected chi connectivity index (χ3v) is 3.43. The van der Waals surface area contributed by atoms with Crippen LogP contribution in [0.4, 0.5) is 0 Å². The molecule has 2 aromatic carbocycles. The molecule has 0 saturated heterocycles. The zero-order valence-electron chi connectivity index (χ0n) is 10.5. The van der Waals surface area contributed by atoms with Gasteiger partial charge in [-0.15, -0.1) is 0 Å². The third kappa shape index (κ3) is 2.45. The highest BCUT2D eigenvalue weighted by Crippen LogP contribution is 2.27. The van der Waals surface area contributed by atoms with Gasteiger partial charge in [0.1, 0.15) is 17.1 Å². The van der Waals surface area contributed by atoms with Gasteiger partial charge in [-0.05, 0) is 35.9 Å². The van der Waals surface area contributed by atoms with E-state index in [1.54, 1.807) is 7.11 Å². The third-order valence-electron chi connectivity index (χ3n) is 3.10. The van der Waals surface area contributed by atoms with Crippen LogP contribution in [0.15, 0.2) is 52.9 Å². The number of rotatable bonds is 3. The van der Waals surface area contributed by atoms with Gasteiger partial charge < -0.3 is 9.15 Å². The summed E-state index contributed by atoms with van der Waals surface area (Å²) in [5.74, 6) is 1.77. The van der Waals surface area contributed by atoms with Crippen molar-refractivity contribution in [3.05, 3.63) is 64.9 Å². The zero-order chi connectivity index (χ0) is 13.2. The van der Waals surface area contributed by atoms with E-state index in [0.717, 1.165) is 33.9 Å². The van der Waals surface area contributed by atoms with Crippen molar-refractivity contribution in [3.63, 3.8) is 0 Å². The Morgan fingerprint density at radius 1 is 1.11 bits per heavy atom. The molecule has 0 bridgehead atoms. The largest absolute Gasteiger partial charge is 0.497 e. The SMILES string of the molecule is COc1ccc(Cc2cc3c(Cl)cccc3o2)cc1. The quantitative estimate of drug-likeness (QED) is 0.690. The van der Waals surface area contributed by atoms with Gasteiger partial charge in [0.25, 0.3) is 0 Å². The van der Waals surface area contributed by atoms with E-state index in [9.17, 15) is 0 Å². The molecule has 0 unspecified atom stereocenters. The second-order valence-electron chi connectivity index (χ2n) is 4.39. The fraction of sp³-hybridized carbons (Fsp3) is 0.125. The van der Waals surface area contributed by atoms with E-state index in [4.69, 9.17) is 20.8 Å². The summed E-state index contributed by atoms with van der Waals surface area (Å²) in [5.41, 5.74) is 2.01. The Labute approximate surface area is 116 Å². The maximum absolute atomic E-state index is 6.14. The van der Waals surface area contributed by atoms with Crippen LogP contribution < -0.4 is 4.74 Å². The molecule has 2 nitrogen and oxygen atoms in total. The number of furan rings is 1. The van der Waals surface area contributed by atoms with Crippen LogP contribution in [0, 0.1) is 0 Å². The lowest BCUT2D eigenvalue weighted by Crippen LogP contribution is -1.87. The van der Waals surface area contributed by atoms with E-state index in [1.807, 2.05) is 48.5 Å². The van der Waals surface area contributed by atoms with Gasteiger partial charge in [-0.2, -0.15) is 0 Å². The minimum atomic E-state index is 0.724. The van der Waals surface area contributed by atoms with Crippen LogP contribution in [0.5, 0.6) is 5.75 Å². The molecule has 1 heterocycles. The monoisotopic (exact) mass is 272 g/mol. The Morgan fingerprint density at radius 3 is 2.58 bits per heavy atom. The van der Waals surface area contributed by atoms with Crippen LogP contribution in [0.3, 0.4) is 0 Å². The molecule has 3 aromatic rings. The molecule has 19 heavy (non-hydrogen) atoms. The average Bonchev–Trinajstić information content (AvgIpc) is 2.84. The van der Waals surface area contributed by atoms with Crippen LogP contribution in [-0.2, 0) is 6.42 Å². The van der Waals surface area contributed by atoms with Crippen molar-refractivity contribution in [2.45, 2.75) is 6.42 Å². The van der Waals surface area contributed by atoms with Crippen molar-refractivity contribution in [2.75, 3.05) is 7.11 Å². The zero-order valence-corrected chi connectivity index (χ0v) is 11.3. The molecule has 0 aliphatic carbocycles. The van der Waals surface area contributed by atoms with E-state index in [-0.39, 0.29) is 0 Å². The summed E-state index contributed by atoms with van der Waals surface area (Å²) in [6.07, 6.45) is 0.745. The topological polar surface area (TPSA) is 22.4 Å². The minimum absolute atomic E-state index is 0.724. The predicted octanol–water partition coefficient (Wildman–Crippen LogP) is 4.69. The van der Waals surface area contributed by atoms with Crippen molar-refractivity contribution >= 4 is 22.6 Å². The molecule has 0 fully saturated rings. The van der Waals surface area contributed by atoms with Gasteiger partial charge in [-0.1, -0.05) is 29.8 Å². The highest BCUT2D eigenvalue weighted by Gasteiger charge is 2.07. The molecule has 0 spiro atoms. The van der Waals surface area contributed by atoms with Gasteiger partial charge in [0.2, 0.25) is 0 Å². The summed E-state index contributed by atoms with van der Waals surface area (Å²) in [5, 5.41) is 1.69. The van der Waals surface area contributed by atoms with Crippen LogP contribution in [-0.4, -0.2) is 7.11 Å². The summed E-state index contributed by atoms with van der Waals surface area (Å²) in [4.78, 5) is 0. The van der Waals surface area contributed by atoms with Gasteiger partial charge >= 0.3 is 0 Å². The average molecular weight is 273 g/mol. The van der Waals surface area contributed by atoms with Crippen molar-refractivity contribution in [3.8, 4) is 5.75 Å². The van der Waals surface area contributed by atoms with E-state index in [2.05, 4.69) is 0 Å². The van der Waals surface area contributed by atoms with Crippen LogP contribution in [0.25, 0.3) is 11.0 Å². The summed E-state index contributed by atoms with van der Waals surface area (Å²) in [7, 11) is 1.66. The molecule has 96 valence electrons. The van der Waals surface area contributed by atoms with Gasteiger partial charge in [0.05, 0.1) is 12.1 Å². The first-order chi connectivity index (χ1) is 9.26. The van der Waals surface area contributed by atoms with Crippen molar-refractivity contribution in [1.29, 1.82) is 0 Å². The Kier molecular flexibility index (Phi) is 3.18. The maximum atomic E-state index is 6.14. The van der Waals surface area contributed by atoms with Gasteiger partial charge in [0.15, 0.2) is 0 Å². The first-order valence-corrected chi connectivity index (χ1v) is 6.44. The Balaban J connectivity index is 1.90. The van der Waals surface area contributed by atoms with E-state index in [0.29, 0.717) is 0 Å². The Hall–Kier alpha value is -1.93. The number of fused-ring (bicyclic) bond motifs is 1. The molecule has 1 aromatic heterocycles. The van der Waals surface area contributed by atoms with Crippen molar-refractivity contribution in [2.24, 2.45) is 0 Å². The fourth-order valence-electron chi connectivity index (χ4n) is 2.11. The van der Waals surface area contributed by atoms with Crippen LogP contribution in [0.2, 0.25) is 5.02 Å². The summed E-state index contributed by atoms with van der Waals surface area (Å²) < 4.78 is 10.9. The Morgan fingerprint density at radius 2 is 1.89 bits per heavy atom. The lowest BCUT2D eigenvalue weighted by Gasteiger charge is -2.01. The molecule has 0 aliphatic heterocycles. The molecule has 0 amide bonds. The maximum Gasteiger partial charge on any atom is 0.135 e. The molecule has 3 rings (SSSR count). The molecule has 0 aliphatic rings. The minimum Gasteiger partial charge on any atom is -0.497 e. The van der Waals surface area contributed by atoms with E-state index in [1.165, 1.54) is 5.56 Å². The summed E-state index contributed by atoms with van der Waals surface area (Å²) >= 11 is 6.14. The number of ether oxygens (including phenoxy) is 1. The lowest BCUT2D eigenvalue weighted by atomic mass is 10.1. The number of methoxy groups -OCH3 is 1. The Bertz CT molecular complexity index is 698. The predicted molar refractivity (Wildman–Crippen MR) is 77.0 cm³/mol. The lowest BCUT2D eigenvalue weighted by molar-refractivity contribution is 0.414. The molecule has 0 N–H and O–H groups in total. The van der Waals surface area contributed by atoms with Crippen LogP contribution >= 0.6 is 11.6 Å². The first-order valence-electron chi connectivity index (χ1n) is 6.06. The number of hydrogen-bond donors (Lipinski definition) is 0. The second kappa shape index (κ2) is 4.98. The van der Waals surface area contributed by atoms with Crippen molar-refractivity contribution in [1.82, 2.24) is 0 Å².